The molecular weight excluding hydrogens is 284 g/mol. The normalized spacial score (nSPS) is 16.1. The molecule has 0 unspecified atom stereocenters. The van der Waals surface area contributed by atoms with E-state index in [0.29, 0.717) is 0 Å². The van der Waals surface area contributed by atoms with Crippen LogP contribution >= 0.6 is 12.8 Å². The number of nitrogens with zero attached hydrogens (tertiary/aromatic N) is 4. The summed E-state index contributed by atoms with van der Waals surface area (Å²) in [4.78, 5) is 8.24. The van der Waals surface area contributed by atoms with Crippen molar-refractivity contribution in [1.82, 2.24) is 19.2 Å². The van der Waals surface area contributed by atoms with Gasteiger partial charge in [0, 0.05) is 11.6 Å². The lowest BCUT2D eigenvalue weighted by Crippen LogP contribution is -2.11. The van der Waals surface area contributed by atoms with Crippen molar-refractivity contribution in [2.75, 3.05) is 0 Å². The predicted molar refractivity (Wildman–Crippen MR) is 83.4 cm³/mol. The molecular formula is C15H14N4OS. The summed E-state index contributed by atoms with van der Waals surface area (Å²) in [5.74, 6) is 0.860. The zero-order chi connectivity index (χ0) is 14.4. The van der Waals surface area contributed by atoms with Gasteiger partial charge in [-0.25, -0.2) is 14.1 Å². The Morgan fingerprint density at radius 3 is 2.86 bits per heavy atom. The highest BCUT2D eigenvalue weighted by Gasteiger charge is 2.40. The van der Waals surface area contributed by atoms with Crippen molar-refractivity contribution in [2.45, 2.75) is 25.4 Å². The number of hydrogen-bond acceptors (Lipinski definition) is 5. The second-order valence-electron chi connectivity index (χ2n) is 5.56. The van der Waals surface area contributed by atoms with Crippen molar-refractivity contribution in [3.05, 3.63) is 36.8 Å². The van der Waals surface area contributed by atoms with Gasteiger partial charge in [-0.15, -0.1) is 0 Å². The standard InChI is InChI=1S/C15H14N4OS/c1-15(5-6-15)20-10-2-3-12-11(8-10)14(19(21)18-12)13-4-7-16-9-17-13/h2-4,7-9,21H,5-6H2,1H3. The van der Waals surface area contributed by atoms with Crippen LogP contribution in [0.5, 0.6) is 5.75 Å². The van der Waals surface area contributed by atoms with Gasteiger partial charge in [-0.3, -0.25) is 0 Å². The Kier molecular flexibility index (Phi) is 2.68. The summed E-state index contributed by atoms with van der Waals surface area (Å²) in [7, 11) is 0. The molecule has 2 aromatic heterocycles. The predicted octanol–water partition coefficient (Wildman–Crippen LogP) is 3.12. The minimum Gasteiger partial charge on any atom is -0.488 e. The largest absolute Gasteiger partial charge is 0.488 e. The number of aromatic nitrogens is 4. The first-order valence-electron chi connectivity index (χ1n) is 6.82. The lowest BCUT2D eigenvalue weighted by molar-refractivity contribution is 0.200. The van der Waals surface area contributed by atoms with Crippen LogP contribution in [0.15, 0.2) is 36.8 Å². The van der Waals surface area contributed by atoms with Crippen LogP contribution in [0.2, 0.25) is 0 Å². The van der Waals surface area contributed by atoms with Gasteiger partial charge in [0.25, 0.3) is 0 Å². The van der Waals surface area contributed by atoms with Crippen molar-refractivity contribution in [2.24, 2.45) is 0 Å². The van der Waals surface area contributed by atoms with Crippen LogP contribution in [-0.4, -0.2) is 24.8 Å². The molecule has 1 aliphatic carbocycles. The Labute approximate surface area is 127 Å². The van der Waals surface area contributed by atoms with Crippen molar-refractivity contribution in [3.8, 4) is 17.1 Å². The van der Waals surface area contributed by atoms with Crippen molar-refractivity contribution in [1.29, 1.82) is 0 Å². The molecule has 106 valence electrons. The van der Waals surface area contributed by atoms with Gasteiger partial charge in [-0.05, 0) is 56.8 Å². The van der Waals surface area contributed by atoms with Crippen molar-refractivity contribution in [3.63, 3.8) is 0 Å². The molecule has 0 atom stereocenters. The first kappa shape index (κ1) is 12.6. The van der Waals surface area contributed by atoms with E-state index in [2.05, 4.69) is 34.8 Å². The number of benzene rings is 1. The number of fused-ring (bicyclic) bond motifs is 1. The van der Waals surface area contributed by atoms with Crippen LogP contribution in [0.25, 0.3) is 22.3 Å². The molecule has 2 heterocycles. The van der Waals surface area contributed by atoms with E-state index in [0.717, 1.165) is 40.9 Å². The van der Waals surface area contributed by atoms with E-state index < -0.39 is 0 Å². The van der Waals surface area contributed by atoms with Gasteiger partial charge in [0.1, 0.15) is 23.4 Å². The molecule has 1 saturated carbocycles. The van der Waals surface area contributed by atoms with Crippen LogP contribution in [0, 0.1) is 0 Å². The molecule has 4 rings (SSSR count). The van der Waals surface area contributed by atoms with Crippen LogP contribution < -0.4 is 4.74 Å². The Morgan fingerprint density at radius 1 is 1.29 bits per heavy atom. The van der Waals surface area contributed by atoms with E-state index >= 15 is 0 Å². The molecule has 6 heteroatoms. The molecule has 0 N–H and O–H groups in total. The first-order valence-corrected chi connectivity index (χ1v) is 7.22. The summed E-state index contributed by atoms with van der Waals surface area (Å²) in [5, 5.41) is 5.38. The van der Waals surface area contributed by atoms with Gasteiger partial charge < -0.3 is 4.74 Å². The molecule has 0 aliphatic heterocycles. The average Bonchev–Trinajstić information content (AvgIpc) is 3.10. The summed E-state index contributed by atoms with van der Waals surface area (Å²) < 4.78 is 7.58. The summed E-state index contributed by atoms with van der Waals surface area (Å²) in [6.07, 6.45) is 5.44. The van der Waals surface area contributed by atoms with Gasteiger partial charge in [-0.1, -0.05) is 0 Å². The molecule has 0 radical (unpaired) electrons. The third-order valence-electron chi connectivity index (χ3n) is 3.77. The Morgan fingerprint density at radius 2 is 2.14 bits per heavy atom. The first-order chi connectivity index (χ1) is 10.1. The number of hydrogen-bond donors (Lipinski definition) is 1. The summed E-state index contributed by atoms with van der Waals surface area (Å²) >= 11 is 4.40. The minimum atomic E-state index is -0.000282. The molecule has 3 aromatic rings. The lowest BCUT2D eigenvalue weighted by atomic mass is 10.1. The lowest BCUT2D eigenvalue weighted by Gasteiger charge is -2.12. The van der Waals surface area contributed by atoms with Gasteiger partial charge in [0.2, 0.25) is 0 Å². The molecule has 1 aromatic carbocycles. The summed E-state index contributed by atoms with van der Waals surface area (Å²) in [6.45, 7) is 2.13. The third-order valence-corrected chi connectivity index (χ3v) is 4.06. The fourth-order valence-corrected chi connectivity index (χ4v) is 2.66. The van der Waals surface area contributed by atoms with Crippen molar-refractivity contribution < 1.29 is 4.74 Å². The number of rotatable bonds is 3. The summed E-state index contributed by atoms with van der Waals surface area (Å²) in [5.41, 5.74) is 2.51. The van der Waals surface area contributed by atoms with Gasteiger partial charge >= 0.3 is 0 Å². The maximum atomic E-state index is 6.03. The zero-order valence-corrected chi connectivity index (χ0v) is 12.4. The van der Waals surface area contributed by atoms with Gasteiger partial charge in [-0.2, -0.15) is 5.10 Å². The van der Waals surface area contributed by atoms with E-state index in [-0.39, 0.29) is 5.60 Å². The topological polar surface area (TPSA) is 52.8 Å². The molecule has 0 amide bonds. The van der Waals surface area contributed by atoms with Crippen LogP contribution in [-0.2, 0) is 0 Å². The molecule has 1 aliphatic rings. The van der Waals surface area contributed by atoms with Crippen molar-refractivity contribution >= 4 is 23.7 Å². The molecule has 0 bridgehead atoms. The molecule has 0 saturated heterocycles. The van der Waals surface area contributed by atoms with Gasteiger partial charge in [0.05, 0.1) is 11.2 Å². The Bertz CT molecular complexity index is 811. The van der Waals surface area contributed by atoms with Crippen LogP contribution in [0.4, 0.5) is 0 Å². The number of thiol groups is 1. The Balaban J connectivity index is 1.85. The molecule has 5 nitrogen and oxygen atoms in total. The highest BCUT2D eigenvalue weighted by atomic mass is 32.1. The fourth-order valence-electron chi connectivity index (χ4n) is 2.35. The number of ether oxygens (including phenoxy) is 1. The second-order valence-corrected chi connectivity index (χ2v) is 5.94. The van der Waals surface area contributed by atoms with Crippen LogP contribution in [0.3, 0.4) is 0 Å². The minimum absolute atomic E-state index is 0.000282. The van der Waals surface area contributed by atoms with E-state index in [9.17, 15) is 0 Å². The maximum Gasteiger partial charge on any atom is 0.120 e. The Hall–Kier alpha value is -2.08. The third kappa shape index (κ3) is 2.25. The maximum absolute atomic E-state index is 6.03. The molecule has 0 spiro atoms. The molecule has 21 heavy (non-hydrogen) atoms. The monoisotopic (exact) mass is 298 g/mol. The highest BCUT2D eigenvalue weighted by molar-refractivity contribution is 7.78. The van der Waals surface area contributed by atoms with Crippen LogP contribution in [0.1, 0.15) is 19.8 Å². The quantitative estimate of drug-likeness (QED) is 0.755. The molecule has 1 fully saturated rings. The average molecular weight is 298 g/mol. The van der Waals surface area contributed by atoms with Gasteiger partial charge in [0.15, 0.2) is 0 Å². The van der Waals surface area contributed by atoms with E-state index in [1.54, 1.807) is 10.3 Å². The van der Waals surface area contributed by atoms with E-state index in [1.165, 1.54) is 6.33 Å². The smallest absolute Gasteiger partial charge is 0.120 e. The fraction of sp³-hybridized carbons (Fsp3) is 0.267. The SMILES string of the molecule is CC1(Oc2ccc3nn(S)c(-c4ccncn4)c3c2)CC1. The summed E-state index contributed by atoms with van der Waals surface area (Å²) in [6, 6.07) is 7.76. The zero-order valence-electron chi connectivity index (χ0n) is 11.5. The second kappa shape index (κ2) is 4.46. The highest BCUT2D eigenvalue weighted by Crippen LogP contribution is 2.40. The van der Waals surface area contributed by atoms with E-state index in [1.807, 2.05) is 24.3 Å². The van der Waals surface area contributed by atoms with E-state index in [4.69, 9.17) is 4.74 Å².